The van der Waals surface area contributed by atoms with Crippen LogP contribution in [0.2, 0.25) is 0 Å². The van der Waals surface area contributed by atoms with Gasteiger partial charge in [-0.2, -0.15) is 0 Å². The van der Waals surface area contributed by atoms with E-state index in [1.54, 1.807) is 0 Å². The van der Waals surface area contributed by atoms with Gasteiger partial charge < -0.3 is 19.3 Å². The Morgan fingerprint density at radius 1 is 0.725 bits per heavy atom. The first kappa shape index (κ1) is 28.1. The maximum absolute atomic E-state index is 11.6. The SMILES string of the molecule is C=C(CO)C(=O)OCCOc1ccc(/C=C/c2ccc(-c3ccc(OCCN4C(=O)C=CC4=O)cc3)cc2)cc1. The zero-order valence-electron chi connectivity index (χ0n) is 21.8. The van der Waals surface area contributed by atoms with Crippen LogP contribution in [-0.4, -0.2) is 60.8 Å². The molecule has 1 N–H and O–H groups in total. The molecule has 0 saturated carbocycles. The van der Waals surface area contributed by atoms with Crippen LogP contribution in [0, 0.1) is 0 Å². The highest BCUT2D eigenvalue weighted by Crippen LogP contribution is 2.24. The Kier molecular flexibility index (Phi) is 9.63. The van der Waals surface area contributed by atoms with Crippen LogP contribution < -0.4 is 9.47 Å². The molecule has 0 fully saturated rings. The summed E-state index contributed by atoms with van der Waals surface area (Å²) < 4.78 is 16.2. The van der Waals surface area contributed by atoms with Crippen molar-refractivity contribution in [2.24, 2.45) is 0 Å². The van der Waals surface area contributed by atoms with Gasteiger partial charge in [0.1, 0.15) is 31.3 Å². The van der Waals surface area contributed by atoms with Crippen LogP contribution in [0.4, 0.5) is 0 Å². The molecule has 0 saturated heterocycles. The second-order valence-electron chi connectivity index (χ2n) is 8.80. The van der Waals surface area contributed by atoms with E-state index in [0.29, 0.717) is 11.5 Å². The zero-order chi connectivity index (χ0) is 28.3. The van der Waals surface area contributed by atoms with Gasteiger partial charge in [0.05, 0.1) is 18.7 Å². The quantitative estimate of drug-likeness (QED) is 0.114. The van der Waals surface area contributed by atoms with E-state index in [9.17, 15) is 14.4 Å². The molecule has 0 atom stereocenters. The molecule has 4 rings (SSSR count). The summed E-state index contributed by atoms with van der Waals surface area (Å²) in [7, 11) is 0. The van der Waals surface area contributed by atoms with Crippen molar-refractivity contribution in [3.63, 3.8) is 0 Å². The summed E-state index contributed by atoms with van der Waals surface area (Å²) in [5, 5.41) is 8.85. The summed E-state index contributed by atoms with van der Waals surface area (Å²) in [5.41, 5.74) is 4.18. The van der Waals surface area contributed by atoms with Gasteiger partial charge in [-0.25, -0.2) is 4.79 Å². The normalized spacial score (nSPS) is 12.7. The average molecular weight is 540 g/mol. The monoisotopic (exact) mass is 539 g/mol. The van der Waals surface area contributed by atoms with E-state index >= 15 is 0 Å². The minimum absolute atomic E-state index is 0.00855. The number of ether oxygens (including phenoxy) is 3. The summed E-state index contributed by atoms with van der Waals surface area (Å²) in [5.74, 6) is 0.0618. The van der Waals surface area contributed by atoms with Crippen molar-refractivity contribution in [1.29, 1.82) is 0 Å². The molecule has 204 valence electrons. The van der Waals surface area contributed by atoms with Crippen LogP contribution in [0.1, 0.15) is 11.1 Å². The fourth-order valence-electron chi connectivity index (χ4n) is 3.76. The molecule has 0 bridgehead atoms. The molecule has 1 aliphatic heterocycles. The molecule has 0 unspecified atom stereocenters. The zero-order valence-corrected chi connectivity index (χ0v) is 21.8. The first-order valence-corrected chi connectivity index (χ1v) is 12.7. The molecule has 3 aromatic rings. The fraction of sp³-hybridized carbons (Fsp3) is 0.156. The predicted molar refractivity (Wildman–Crippen MR) is 151 cm³/mol. The lowest BCUT2D eigenvalue weighted by Gasteiger charge is -2.14. The molecule has 0 spiro atoms. The van der Waals surface area contributed by atoms with E-state index in [1.165, 1.54) is 12.2 Å². The van der Waals surface area contributed by atoms with Gasteiger partial charge in [0.2, 0.25) is 0 Å². The number of hydrogen-bond donors (Lipinski definition) is 1. The highest BCUT2D eigenvalue weighted by molar-refractivity contribution is 6.12. The van der Waals surface area contributed by atoms with Crippen molar-refractivity contribution in [3.8, 4) is 22.6 Å². The molecule has 0 radical (unpaired) electrons. The first-order chi connectivity index (χ1) is 19.4. The number of benzene rings is 3. The summed E-state index contributed by atoms with van der Waals surface area (Å²) >= 11 is 0. The van der Waals surface area contributed by atoms with E-state index in [-0.39, 0.29) is 43.8 Å². The third-order valence-corrected chi connectivity index (χ3v) is 6.00. The van der Waals surface area contributed by atoms with E-state index in [2.05, 4.69) is 6.58 Å². The molecule has 8 nitrogen and oxygen atoms in total. The Bertz CT molecular complexity index is 1390. The third kappa shape index (κ3) is 7.78. The Morgan fingerprint density at radius 2 is 1.20 bits per heavy atom. The van der Waals surface area contributed by atoms with Crippen LogP contribution in [0.25, 0.3) is 23.3 Å². The Morgan fingerprint density at radius 3 is 1.75 bits per heavy atom. The van der Waals surface area contributed by atoms with Crippen molar-refractivity contribution >= 4 is 29.9 Å². The topological polar surface area (TPSA) is 102 Å². The lowest BCUT2D eigenvalue weighted by atomic mass is 10.0. The number of rotatable bonds is 13. The van der Waals surface area contributed by atoms with Crippen molar-refractivity contribution in [1.82, 2.24) is 4.90 Å². The number of amides is 2. The number of esters is 1. The molecular formula is C32H29NO7. The Labute approximate surface area is 232 Å². The number of nitrogens with zero attached hydrogens (tertiary/aromatic N) is 1. The van der Waals surface area contributed by atoms with Crippen LogP contribution in [0.5, 0.6) is 11.5 Å². The highest BCUT2D eigenvalue weighted by atomic mass is 16.6. The summed E-state index contributed by atoms with van der Waals surface area (Å²) in [4.78, 5) is 35.8. The van der Waals surface area contributed by atoms with Gasteiger partial charge in [0, 0.05) is 12.2 Å². The Hall–Kier alpha value is -4.95. The number of carbonyl (C=O) groups is 3. The van der Waals surface area contributed by atoms with Gasteiger partial charge in [0.15, 0.2) is 0 Å². The molecule has 2 amide bonds. The molecular weight excluding hydrogens is 510 g/mol. The smallest absolute Gasteiger partial charge is 0.335 e. The molecule has 0 aliphatic carbocycles. The highest BCUT2D eigenvalue weighted by Gasteiger charge is 2.22. The molecule has 1 heterocycles. The number of aliphatic hydroxyl groups is 1. The van der Waals surface area contributed by atoms with Gasteiger partial charge >= 0.3 is 5.97 Å². The largest absolute Gasteiger partial charge is 0.492 e. The minimum atomic E-state index is -0.634. The maximum atomic E-state index is 11.6. The number of aliphatic hydroxyl groups excluding tert-OH is 1. The predicted octanol–water partition coefficient (Wildman–Crippen LogP) is 4.30. The lowest BCUT2D eigenvalue weighted by Crippen LogP contribution is -2.33. The van der Waals surface area contributed by atoms with Crippen molar-refractivity contribution in [3.05, 3.63) is 108 Å². The van der Waals surface area contributed by atoms with Crippen molar-refractivity contribution < 1.29 is 33.7 Å². The van der Waals surface area contributed by atoms with Gasteiger partial charge in [-0.3, -0.25) is 14.5 Å². The number of imide groups is 1. The fourth-order valence-corrected chi connectivity index (χ4v) is 3.76. The second-order valence-corrected chi connectivity index (χ2v) is 8.80. The lowest BCUT2D eigenvalue weighted by molar-refractivity contribution is -0.140. The minimum Gasteiger partial charge on any atom is -0.492 e. The first-order valence-electron chi connectivity index (χ1n) is 12.7. The van der Waals surface area contributed by atoms with E-state index in [4.69, 9.17) is 19.3 Å². The van der Waals surface area contributed by atoms with E-state index in [0.717, 1.165) is 27.2 Å². The second kappa shape index (κ2) is 13.7. The van der Waals surface area contributed by atoms with Gasteiger partial charge in [-0.05, 0) is 46.5 Å². The maximum Gasteiger partial charge on any atom is 0.335 e. The standard InChI is InChI=1S/C32H29NO7/c1-23(22-34)32(37)40-21-20-39-28-12-6-25(7-13-28)3-2-24-4-8-26(9-5-24)27-10-14-29(15-11-27)38-19-18-33-30(35)16-17-31(33)36/h2-17,34H,1,18-22H2/b3-2+. The Balaban J connectivity index is 1.22. The van der Waals surface area contributed by atoms with Crippen LogP contribution in [-0.2, 0) is 19.1 Å². The number of carbonyl (C=O) groups excluding carboxylic acids is 3. The van der Waals surface area contributed by atoms with Gasteiger partial charge in [0.25, 0.3) is 11.8 Å². The third-order valence-electron chi connectivity index (χ3n) is 6.00. The molecule has 40 heavy (non-hydrogen) atoms. The van der Waals surface area contributed by atoms with Gasteiger partial charge in [-0.15, -0.1) is 0 Å². The van der Waals surface area contributed by atoms with Crippen molar-refractivity contribution in [2.45, 2.75) is 0 Å². The van der Waals surface area contributed by atoms with Crippen LogP contribution in [0.15, 0.2) is 97.1 Å². The van der Waals surface area contributed by atoms with Crippen molar-refractivity contribution in [2.75, 3.05) is 33.0 Å². The van der Waals surface area contributed by atoms with Crippen LogP contribution in [0.3, 0.4) is 0 Å². The van der Waals surface area contributed by atoms with E-state index < -0.39 is 12.6 Å². The van der Waals surface area contributed by atoms with Gasteiger partial charge in [-0.1, -0.05) is 67.3 Å². The summed E-state index contributed by atoms with van der Waals surface area (Å²) in [6.07, 6.45) is 6.55. The van der Waals surface area contributed by atoms with E-state index in [1.807, 2.05) is 84.9 Å². The summed E-state index contributed by atoms with van der Waals surface area (Å²) in [6, 6.07) is 23.4. The number of hydrogen-bond acceptors (Lipinski definition) is 7. The molecule has 8 heteroatoms. The molecule has 0 aromatic heterocycles. The molecule has 3 aromatic carbocycles. The summed E-state index contributed by atoms with van der Waals surface area (Å²) in [6.45, 7) is 3.68. The average Bonchev–Trinajstić information content (AvgIpc) is 3.31. The molecule has 1 aliphatic rings. The van der Waals surface area contributed by atoms with Crippen LogP contribution >= 0.6 is 0 Å².